The average molecular weight is 412 g/mol. The second-order valence-electron chi connectivity index (χ2n) is 6.04. The summed E-state index contributed by atoms with van der Waals surface area (Å²) >= 11 is 12.6. The van der Waals surface area contributed by atoms with Crippen molar-refractivity contribution in [3.05, 3.63) is 88.4 Å². The fraction of sp³-hybridized carbons (Fsp3) is 0.0455. The Morgan fingerprint density at radius 2 is 1.54 bits per heavy atom. The molecule has 0 atom stereocenters. The second-order valence-corrected chi connectivity index (χ2v) is 6.85. The Hall–Kier alpha value is -2.79. The number of aliphatic hydroxyl groups is 1. The molecule has 140 valence electrons. The van der Waals surface area contributed by atoms with Crippen molar-refractivity contribution < 1.29 is 14.4 Å². The van der Waals surface area contributed by atoms with E-state index in [1.807, 2.05) is 54.6 Å². The number of aromatic nitrogens is 1. The molecule has 0 saturated heterocycles. The second kappa shape index (κ2) is 8.07. The number of para-hydroxylation sites is 1. The van der Waals surface area contributed by atoms with E-state index in [2.05, 4.69) is 5.16 Å². The van der Waals surface area contributed by atoms with Crippen LogP contribution >= 0.6 is 23.2 Å². The lowest BCUT2D eigenvalue weighted by Crippen LogP contribution is -1.91. The summed E-state index contributed by atoms with van der Waals surface area (Å²) in [6.07, 6.45) is 0. The van der Waals surface area contributed by atoms with Crippen LogP contribution in [0.1, 0.15) is 5.56 Å². The lowest BCUT2D eigenvalue weighted by Gasteiger charge is -2.08. The highest BCUT2D eigenvalue weighted by molar-refractivity contribution is 6.39. The van der Waals surface area contributed by atoms with Crippen molar-refractivity contribution in [2.75, 3.05) is 0 Å². The first-order chi connectivity index (χ1) is 13.7. The molecule has 1 aromatic heterocycles. The monoisotopic (exact) mass is 411 g/mol. The summed E-state index contributed by atoms with van der Waals surface area (Å²) in [5.41, 5.74) is 2.26. The molecule has 0 radical (unpaired) electrons. The number of aliphatic hydroxyl groups excluding tert-OH is 1. The molecular weight excluding hydrogens is 397 g/mol. The Bertz CT molecular complexity index is 1090. The molecule has 0 aliphatic rings. The highest BCUT2D eigenvalue weighted by Crippen LogP contribution is 2.40. The van der Waals surface area contributed by atoms with Crippen LogP contribution in [0.2, 0.25) is 10.0 Å². The molecule has 1 N–H and O–H groups in total. The third-order valence-corrected chi connectivity index (χ3v) is 4.85. The van der Waals surface area contributed by atoms with Gasteiger partial charge in [0.05, 0.1) is 27.8 Å². The predicted molar refractivity (Wildman–Crippen MR) is 110 cm³/mol. The fourth-order valence-corrected chi connectivity index (χ4v) is 3.49. The van der Waals surface area contributed by atoms with Crippen LogP contribution in [0.15, 0.2) is 77.3 Å². The van der Waals surface area contributed by atoms with Gasteiger partial charge in [0.2, 0.25) is 0 Å². The van der Waals surface area contributed by atoms with Crippen LogP contribution in [0, 0.1) is 0 Å². The number of benzene rings is 3. The van der Waals surface area contributed by atoms with E-state index in [1.54, 1.807) is 18.2 Å². The van der Waals surface area contributed by atoms with E-state index in [0.29, 0.717) is 38.4 Å². The third-order valence-electron chi connectivity index (χ3n) is 4.22. The Morgan fingerprint density at radius 1 is 0.857 bits per heavy atom. The smallest absolute Gasteiger partial charge is 0.176 e. The van der Waals surface area contributed by atoms with Gasteiger partial charge in [-0.15, -0.1) is 0 Å². The lowest BCUT2D eigenvalue weighted by molar-refractivity contribution is 0.281. The van der Waals surface area contributed by atoms with Crippen LogP contribution in [-0.2, 0) is 6.61 Å². The zero-order chi connectivity index (χ0) is 19.5. The van der Waals surface area contributed by atoms with E-state index in [0.717, 1.165) is 11.3 Å². The summed E-state index contributed by atoms with van der Waals surface area (Å²) in [5.74, 6) is 1.72. The Morgan fingerprint density at radius 3 is 2.25 bits per heavy atom. The molecule has 0 amide bonds. The summed E-state index contributed by atoms with van der Waals surface area (Å²) in [7, 11) is 0. The van der Waals surface area contributed by atoms with Gasteiger partial charge in [0.25, 0.3) is 0 Å². The normalized spacial score (nSPS) is 10.8. The third kappa shape index (κ3) is 3.62. The van der Waals surface area contributed by atoms with Gasteiger partial charge in [0.15, 0.2) is 5.76 Å². The molecule has 0 saturated carbocycles. The maximum absolute atomic E-state index is 9.98. The van der Waals surface area contributed by atoms with Crippen molar-refractivity contribution in [1.29, 1.82) is 0 Å². The molecule has 6 heteroatoms. The van der Waals surface area contributed by atoms with Gasteiger partial charge < -0.3 is 14.4 Å². The first kappa shape index (κ1) is 18.6. The van der Waals surface area contributed by atoms with E-state index >= 15 is 0 Å². The summed E-state index contributed by atoms with van der Waals surface area (Å²) < 4.78 is 11.4. The average Bonchev–Trinajstić information content (AvgIpc) is 3.12. The molecule has 0 spiro atoms. The molecule has 0 aliphatic heterocycles. The van der Waals surface area contributed by atoms with Crippen molar-refractivity contribution in [3.8, 4) is 34.1 Å². The Labute approximate surface area is 171 Å². The van der Waals surface area contributed by atoms with E-state index in [-0.39, 0.29) is 6.61 Å². The molecule has 3 aromatic carbocycles. The fourth-order valence-electron chi connectivity index (χ4n) is 2.93. The molecule has 0 aliphatic carbocycles. The van der Waals surface area contributed by atoms with Crippen LogP contribution in [0.25, 0.3) is 22.6 Å². The Kier molecular flexibility index (Phi) is 5.35. The molecule has 0 unspecified atom stereocenters. The standard InChI is InChI=1S/C22H15Cl2NO3/c23-18-10-5-11-19(24)20(18)22-17(13-26)21(25-28-22)14-6-4-9-16(12-14)27-15-7-2-1-3-8-15/h1-12,26H,13H2. The molecule has 1 heterocycles. The van der Waals surface area contributed by atoms with Gasteiger partial charge >= 0.3 is 0 Å². The van der Waals surface area contributed by atoms with Crippen LogP contribution in [0.4, 0.5) is 0 Å². The lowest BCUT2D eigenvalue weighted by atomic mass is 10.0. The molecule has 0 fully saturated rings. The summed E-state index contributed by atoms with van der Waals surface area (Å²) in [6, 6.07) is 22.0. The van der Waals surface area contributed by atoms with E-state index in [4.69, 9.17) is 32.5 Å². The summed E-state index contributed by atoms with van der Waals surface area (Å²) in [5, 5.41) is 15.0. The Balaban J connectivity index is 1.75. The first-order valence-electron chi connectivity index (χ1n) is 8.54. The van der Waals surface area contributed by atoms with Gasteiger partial charge in [-0.2, -0.15) is 0 Å². The molecule has 0 bridgehead atoms. The number of hydrogen-bond acceptors (Lipinski definition) is 4. The molecular formula is C22H15Cl2NO3. The molecule has 28 heavy (non-hydrogen) atoms. The van der Waals surface area contributed by atoms with Gasteiger partial charge in [0, 0.05) is 5.56 Å². The number of hydrogen-bond donors (Lipinski definition) is 1. The zero-order valence-electron chi connectivity index (χ0n) is 14.6. The zero-order valence-corrected chi connectivity index (χ0v) is 16.1. The van der Waals surface area contributed by atoms with Crippen LogP contribution in [0.3, 0.4) is 0 Å². The predicted octanol–water partition coefficient (Wildman–Crippen LogP) is 6.60. The maximum atomic E-state index is 9.98. The van der Waals surface area contributed by atoms with E-state index < -0.39 is 0 Å². The van der Waals surface area contributed by atoms with Crippen LogP contribution < -0.4 is 4.74 Å². The minimum absolute atomic E-state index is 0.278. The number of nitrogens with zero attached hydrogens (tertiary/aromatic N) is 1. The van der Waals surface area contributed by atoms with Crippen molar-refractivity contribution in [2.45, 2.75) is 6.61 Å². The molecule has 4 nitrogen and oxygen atoms in total. The summed E-state index contributed by atoms with van der Waals surface area (Å²) in [4.78, 5) is 0. The van der Waals surface area contributed by atoms with Gasteiger partial charge in [-0.3, -0.25) is 0 Å². The number of halogens is 2. The quantitative estimate of drug-likeness (QED) is 0.401. The van der Waals surface area contributed by atoms with Gasteiger partial charge in [-0.05, 0) is 36.4 Å². The molecule has 4 aromatic rings. The highest BCUT2D eigenvalue weighted by atomic mass is 35.5. The van der Waals surface area contributed by atoms with Crippen LogP contribution in [-0.4, -0.2) is 10.3 Å². The van der Waals surface area contributed by atoms with E-state index in [1.165, 1.54) is 0 Å². The SMILES string of the molecule is OCc1c(-c2cccc(Oc3ccccc3)c2)noc1-c1c(Cl)cccc1Cl. The molecule has 4 rings (SSSR count). The van der Waals surface area contributed by atoms with Crippen molar-refractivity contribution in [1.82, 2.24) is 5.16 Å². The minimum Gasteiger partial charge on any atom is -0.457 e. The van der Waals surface area contributed by atoms with Crippen molar-refractivity contribution >= 4 is 23.2 Å². The number of ether oxygens (including phenoxy) is 1. The van der Waals surface area contributed by atoms with E-state index in [9.17, 15) is 5.11 Å². The minimum atomic E-state index is -0.278. The van der Waals surface area contributed by atoms with Crippen molar-refractivity contribution in [2.24, 2.45) is 0 Å². The largest absolute Gasteiger partial charge is 0.457 e. The topological polar surface area (TPSA) is 55.5 Å². The van der Waals surface area contributed by atoms with Gasteiger partial charge in [-0.1, -0.05) is 64.8 Å². The highest BCUT2D eigenvalue weighted by Gasteiger charge is 2.22. The van der Waals surface area contributed by atoms with Crippen LogP contribution in [0.5, 0.6) is 11.5 Å². The maximum Gasteiger partial charge on any atom is 0.176 e. The first-order valence-corrected chi connectivity index (χ1v) is 9.30. The van der Waals surface area contributed by atoms with Crippen molar-refractivity contribution in [3.63, 3.8) is 0 Å². The summed E-state index contributed by atoms with van der Waals surface area (Å²) in [6.45, 7) is -0.278. The van der Waals surface area contributed by atoms with Gasteiger partial charge in [-0.25, -0.2) is 0 Å². The van der Waals surface area contributed by atoms with Gasteiger partial charge in [0.1, 0.15) is 17.2 Å². The number of rotatable bonds is 5.